The van der Waals surface area contributed by atoms with Gasteiger partial charge in [0.05, 0.1) is 22.7 Å². The van der Waals surface area contributed by atoms with Gasteiger partial charge in [0.15, 0.2) is 0 Å². The Bertz CT molecular complexity index is 858. The van der Waals surface area contributed by atoms with Crippen LogP contribution in [0.25, 0.3) is 0 Å². The van der Waals surface area contributed by atoms with Gasteiger partial charge in [-0.3, -0.25) is 9.10 Å². The van der Waals surface area contributed by atoms with Gasteiger partial charge in [-0.1, -0.05) is 23.2 Å². The zero-order valence-electron chi connectivity index (χ0n) is 12.5. The molecule has 2 rings (SSSR count). The van der Waals surface area contributed by atoms with Gasteiger partial charge in [0, 0.05) is 5.02 Å². The highest BCUT2D eigenvalue weighted by Crippen LogP contribution is 2.25. The lowest BCUT2D eigenvalue weighted by Crippen LogP contribution is -2.37. The summed E-state index contributed by atoms with van der Waals surface area (Å²) in [4.78, 5) is 12.2. The summed E-state index contributed by atoms with van der Waals surface area (Å²) in [6, 6.07) is 9.28. The average Bonchev–Trinajstić information content (AvgIpc) is 2.48. The predicted octanol–water partition coefficient (Wildman–Crippen LogP) is 3.54. The van der Waals surface area contributed by atoms with Crippen molar-refractivity contribution in [3.63, 3.8) is 0 Å². The molecule has 2 aromatic rings. The first-order valence-corrected chi connectivity index (χ1v) is 9.25. The van der Waals surface area contributed by atoms with Gasteiger partial charge in [0.1, 0.15) is 12.4 Å². The lowest BCUT2D eigenvalue weighted by atomic mass is 10.3. The van der Waals surface area contributed by atoms with Gasteiger partial charge in [-0.2, -0.15) is 0 Å². The van der Waals surface area contributed by atoms with Crippen molar-refractivity contribution in [2.24, 2.45) is 0 Å². The van der Waals surface area contributed by atoms with Gasteiger partial charge >= 0.3 is 0 Å². The molecule has 2 aromatic carbocycles. The highest BCUT2D eigenvalue weighted by Gasteiger charge is 2.21. The van der Waals surface area contributed by atoms with E-state index in [2.05, 4.69) is 5.32 Å². The molecule has 0 unspecified atom stereocenters. The Labute approximate surface area is 149 Å². The second-order valence-electron chi connectivity index (χ2n) is 4.92. The van der Waals surface area contributed by atoms with Crippen LogP contribution in [0.4, 0.5) is 15.8 Å². The third kappa shape index (κ3) is 4.83. The van der Waals surface area contributed by atoms with E-state index in [4.69, 9.17) is 23.2 Å². The molecule has 5 nitrogen and oxygen atoms in total. The largest absolute Gasteiger partial charge is 0.323 e. The van der Waals surface area contributed by atoms with Crippen molar-refractivity contribution in [1.82, 2.24) is 0 Å². The van der Waals surface area contributed by atoms with Gasteiger partial charge in [-0.25, -0.2) is 12.8 Å². The fourth-order valence-electron chi connectivity index (χ4n) is 1.92. The lowest BCUT2D eigenvalue weighted by molar-refractivity contribution is -0.114. The molecule has 0 aliphatic rings. The average molecular weight is 391 g/mol. The van der Waals surface area contributed by atoms with E-state index in [1.165, 1.54) is 24.3 Å². The molecule has 9 heteroatoms. The molecule has 0 radical (unpaired) electrons. The van der Waals surface area contributed by atoms with Crippen LogP contribution in [0.2, 0.25) is 10.0 Å². The van der Waals surface area contributed by atoms with Crippen molar-refractivity contribution in [2.45, 2.75) is 0 Å². The Hall–Kier alpha value is -1.83. The summed E-state index contributed by atoms with van der Waals surface area (Å²) in [6.07, 6.45) is 0.954. The number of rotatable bonds is 5. The predicted molar refractivity (Wildman–Crippen MR) is 93.7 cm³/mol. The van der Waals surface area contributed by atoms with Gasteiger partial charge < -0.3 is 5.32 Å². The maximum absolute atomic E-state index is 13.0. The number of hydrogen-bond donors (Lipinski definition) is 1. The fourth-order valence-corrected chi connectivity index (χ4v) is 3.11. The van der Waals surface area contributed by atoms with Crippen LogP contribution in [0, 0.1) is 5.82 Å². The highest BCUT2D eigenvalue weighted by molar-refractivity contribution is 7.92. The number of carbonyl (C=O) groups excluding carboxylic acids is 1. The van der Waals surface area contributed by atoms with Crippen LogP contribution in [-0.4, -0.2) is 27.1 Å². The number of benzene rings is 2. The number of sulfonamides is 1. The first kappa shape index (κ1) is 18.5. The van der Waals surface area contributed by atoms with Gasteiger partial charge in [-0.05, 0) is 42.5 Å². The summed E-state index contributed by atoms with van der Waals surface area (Å²) in [5.74, 6) is -1.13. The molecule has 0 aliphatic carbocycles. The molecule has 1 amide bonds. The van der Waals surface area contributed by atoms with Crippen LogP contribution in [0.1, 0.15) is 0 Å². The van der Waals surface area contributed by atoms with Crippen molar-refractivity contribution in [3.05, 3.63) is 58.3 Å². The highest BCUT2D eigenvalue weighted by atomic mass is 35.5. The summed E-state index contributed by atoms with van der Waals surface area (Å²) in [6.45, 7) is -0.493. The van der Waals surface area contributed by atoms with E-state index in [9.17, 15) is 17.6 Å². The van der Waals surface area contributed by atoms with E-state index in [-0.39, 0.29) is 16.4 Å². The SMILES string of the molecule is CS(=O)(=O)N(CC(=O)Nc1cc(Cl)ccc1Cl)c1ccc(F)cc1. The van der Waals surface area contributed by atoms with Crippen molar-refractivity contribution >= 4 is 50.5 Å². The van der Waals surface area contributed by atoms with Crippen molar-refractivity contribution < 1.29 is 17.6 Å². The Morgan fingerprint density at radius 2 is 1.79 bits per heavy atom. The molecule has 1 N–H and O–H groups in total. The third-order valence-corrected chi connectivity index (χ3v) is 4.71. The number of carbonyl (C=O) groups is 1. The van der Waals surface area contributed by atoms with Gasteiger partial charge in [0.2, 0.25) is 15.9 Å². The minimum Gasteiger partial charge on any atom is -0.323 e. The summed E-state index contributed by atoms with van der Waals surface area (Å²) >= 11 is 11.8. The Balaban J connectivity index is 2.22. The van der Waals surface area contributed by atoms with Crippen LogP contribution in [0.5, 0.6) is 0 Å². The summed E-state index contributed by atoms with van der Waals surface area (Å²) in [7, 11) is -3.75. The maximum atomic E-state index is 13.0. The molecule has 0 fully saturated rings. The topological polar surface area (TPSA) is 66.5 Å². The first-order chi connectivity index (χ1) is 11.2. The van der Waals surface area contributed by atoms with Crippen LogP contribution in [-0.2, 0) is 14.8 Å². The molecule has 128 valence electrons. The quantitative estimate of drug-likeness (QED) is 0.848. The number of hydrogen-bond acceptors (Lipinski definition) is 3. The summed E-state index contributed by atoms with van der Waals surface area (Å²) in [5.41, 5.74) is 0.438. The van der Waals surface area contributed by atoms with E-state index in [0.717, 1.165) is 22.7 Å². The maximum Gasteiger partial charge on any atom is 0.245 e. The molecule has 0 spiro atoms. The zero-order valence-corrected chi connectivity index (χ0v) is 14.8. The van der Waals surface area contributed by atoms with Crippen molar-refractivity contribution in [1.29, 1.82) is 0 Å². The number of amides is 1. The number of anilines is 2. The molecule has 24 heavy (non-hydrogen) atoms. The molecule has 0 aromatic heterocycles. The molecule has 0 bridgehead atoms. The van der Waals surface area contributed by atoms with Gasteiger partial charge in [-0.15, -0.1) is 0 Å². The molecule has 0 aliphatic heterocycles. The molecule has 0 heterocycles. The first-order valence-electron chi connectivity index (χ1n) is 6.65. The lowest BCUT2D eigenvalue weighted by Gasteiger charge is -2.22. The number of nitrogens with zero attached hydrogens (tertiary/aromatic N) is 1. The Kier molecular flexibility index (Phi) is 5.69. The smallest absolute Gasteiger partial charge is 0.245 e. The van der Waals surface area contributed by atoms with E-state index in [0.29, 0.717) is 5.02 Å². The normalized spacial score (nSPS) is 11.2. The third-order valence-electron chi connectivity index (χ3n) is 3.00. The van der Waals surface area contributed by atoms with Crippen molar-refractivity contribution in [3.8, 4) is 0 Å². The summed E-state index contributed by atoms with van der Waals surface area (Å²) in [5, 5.41) is 3.13. The monoisotopic (exact) mass is 390 g/mol. The molecular formula is C15H13Cl2FN2O3S. The van der Waals surface area contributed by atoms with E-state index in [1.807, 2.05) is 0 Å². The second-order valence-corrected chi connectivity index (χ2v) is 7.67. The van der Waals surface area contributed by atoms with Gasteiger partial charge in [0.25, 0.3) is 0 Å². The molecule has 0 saturated carbocycles. The second kappa shape index (κ2) is 7.38. The minimum atomic E-state index is -3.75. The zero-order chi connectivity index (χ0) is 17.9. The van der Waals surface area contributed by atoms with Crippen LogP contribution < -0.4 is 9.62 Å². The summed E-state index contributed by atoms with van der Waals surface area (Å²) < 4.78 is 37.7. The van der Waals surface area contributed by atoms with E-state index < -0.39 is 28.3 Å². The Morgan fingerprint density at radius 3 is 2.38 bits per heavy atom. The number of nitrogens with one attached hydrogen (secondary N) is 1. The van der Waals surface area contributed by atoms with E-state index >= 15 is 0 Å². The number of halogens is 3. The van der Waals surface area contributed by atoms with Crippen LogP contribution in [0.15, 0.2) is 42.5 Å². The molecular weight excluding hydrogens is 378 g/mol. The molecule has 0 saturated heterocycles. The van der Waals surface area contributed by atoms with E-state index in [1.54, 1.807) is 6.07 Å². The van der Waals surface area contributed by atoms with Crippen LogP contribution >= 0.6 is 23.2 Å². The van der Waals surface area contributed by atoms with Crippen molar-refractivity contribution in [2.75, 3.05) is 22.4 Å². The Morgan fingerprint density at radius 1 is 1.17 bits per heavy atom. The minimum absolute atomic E-state index is 0.172. The standard InChI is InChI=1S/C15H13Cl2FN2O3S/c1-24(22,23)20(12-5-3-11(18)4-6-12)9-15(21)19-14-8-10(16)2-7-13(14)17/h2-8H,9H2,1H3,(H,19,21). The molecule has 0 atom stereocenters. The van der Waals surface area contributed by atoms with Crippen LogP contribution in [0.3, 0.4) is 0 Å². The fraction of sp³-hybridized carbons (Fsp3) is 0.133.